The van der Waals surface area contributed by atoms with E-state index in [4.69, 9.17) is 16.3 Å². The molecule has 1 fully saturated rings. The van der Waals surface area contributed by atoms with Crippen LogP contribution in [0.4, 0.5) is 16.2 Å². The topological polar surface area (TPSA) is 119 Å². The lowest BCUT2D eigenvalue weighted by Gasteiger charge is -2.26. The van der Waals surface area contributed by atoms with Gasteiger partial charge in [-0.05, 0) is 54.0 Å². The number of barbiturate groups is 1. The summed E-state index contributed by atoms with van der Waals surface area (Å²) in [6.07, 6.45) is 2.09. The minimum absolute atomic E-state index is 0.00594. The van der Waals surface area contributed by atoms with Gasteiger partial charge < -0.3 is 4.74 Å². The van der Waals surface area contributed by atoms with Crippen LogP contribution in [-0.2, 0) is 22.6 Å². The molecule has 1 aliphatic rings. The number of amides is 4. The van der Waals surface area contributed by atoms with Crippen molar-refractivity contribution < 1.29 is 24.0 Å². The van der Waals surface area contributed by atoms with E-state index in [-0.39, 0.29) is 23.6 Å². The highest BCUT2D eigenvalue weighted by molar-refractivity contribution is 6.39. The van der Waals surface area contributed by atoms with Crippen molar-refractivity contribution in [3.63, 3.8) is 0 Å². The van der Waals surface area contributed by atoms with E-state index in [0.29, 0.717) is 21.8 Å². The first-order valence-corrected chi connectivity index (χ1v) is 11.3. The summed E-state index contributed by atoms with van der Waals surface area (Å²) < 4.78 is 5.83. The molecular formula is C26H20ClN3O6. The third kappa shape index (κ3) is 5.26. The first-order valence-electron chi connectivity index (χ1n) is 10.9. The Morgan fingerprint density at radius 1 is 1.03 bits per heavy atom. The quantitative estimate of drug-likeness (QED) is 0.207. The van der Waals surface area contributed by atoms with Crippen LogP contribution >= 0.6 is 11.6 Å². The Hall–Kier alpha value is -4.50. The number of anilines is 1. The maximum Gasteiger partial charge on any atom is 0.335 e. The molecule has 1 saturated heterocycles. The summed E-state index contributed by atoms with van der Waals surface area (Å²) in [6, 6.07) is 16.6. The molecule has 0 saturated carbocycles. The fraction of sp³-hybridized carbons (Fsp3) is 0.115. The van der Waals surface area contributed by atoms with Crippen molar-refractivity contribution in [2.45, 2.75) is 20.0 Å². The molecule has 9 nitrogen and oxygen atoms in total. The number of aryl methyl sites for hydroxylation is 1. The van der Waals surface area contributed by atoms with Crippen LogP contribution in [-0.4, -0.2) is 22.8 Å². The van der Waals surface area contributed by atoms with Crippen molar-refractivity contribution >= 4 is 46.9 Å². The van der Waals surface area contributed by atoms with Gasteiger partial charge in [0.15, 0.2) is 0 Å². The number of hydrogen-bond donors (Lipinski definition) is 1. The van der Waals surface area contributed by atoms with Gasteiger partial charge in [-0.2, -0.15) is 0 Å². The van der Waals surface area contributed by atoms with E-state index in [1.807, 2.05) is 6.92 Å². The van der Waals surface area contributed by atoms with Gasteiger partial charge in [0.1, 0.15) is 17.9 Å². The van der Waals surface area contributed by atoms with Gasteiger partial charge in [0.05, 0.1) is 10.6 Å². The molecule has 0 aliphatic carbocycles. The third-order valence-corrected chi connectivity index (χ3v) is 5.73. The molecule has 0 aromatic heterocycles. The van der Waals surface area contributed by atoms with E-state index in [9.17, 15) is 24.5 Å². The maximum atomic E-state index is 13.2. The van der Waals surface area contributed by atoms with E-state index in [1.54, 1.807) is 48.5 Å². The number of urea groups is 1. The van der Waals surface area contributed by atoms with Crippen LogP contribution < -0.4 is 15.0 Å². The van der Waals surface area contributed by atoms with Crippen molar-refractivity contribution in [3.8, 4) is 5.75 Å². The average molecular weight is 506 g/mol. The number of nitro groups is 1. The predicted molar refractivity (Wildman–Crippen MR) is 134 cm³/mol. The van der Waals surface area contributed by atoms with Crippen LogP contribution in [0.15, 0.2) is 72.3 Å². The summed E-state index contributed by atoms with van der Waals surface area (Å²) in [5, 5.41) is 13.5. The first-order chi connectivity index (χ1) is 17.3. The van der Waals surface area contributed by atoms with Gasteiger partial charge in [0.25, 0.3) is 17.5 Å². The number of ether oxygens (including phenoxy) is 1. The monoisotopic (exact) mass is 505 g/mol. The van der Waals surface area contributed by atoms with Crippen LogP contribution in [0, 0.1) is 10.1 Å². The van der Waals surface area contributed by atoms with E-state index < -0.39 is 22.8 Å². The summed E-state index contributed by atoms with van der Waals surface area (Å²) in [6.45, 7) is 1.98. The van der Waals surface area contributed by atoms with Crippen LogP contribution in [0.5, 0.6) is 5.75 Å². The highest BCUT2D eigenvalue weighted by Crippen LogP contribution is 2.29. The van der Waals surface area contributed by atoms with Crippen molar-refractivity contribution in [2.75, 3.05) is 4.90 Å². The van der Waals surface area contributed by atoms with Gasteiger partial charge in [-0.3, -0.25) is 25.0 Å². The van der Waals surface area contributed by atoms with Crippen LogP contribution in [0.1, 0.15) is 23.6 Å². The van der Waals surface area contributed by atoms with Crippen LogP contribution in [0.3, 0.4) is 0 Å². The van der Waals surface area contributed by atoms with E-state index >= 15 is 0 Å². The second-order valence-electron chi connectivity index (χ2n) is 7.88. The Labute approximate surface area is 211 Å². The van der Waals surface area contributed by atoms with Gasteiger partial charge in [-0.25, -0.2) is 9.69 Å². The number of halogens is 1. The van der Waals surface area contributed by atoms with Crippen molar-refractivity contribution in [1.82, 2.24) is 5.32 Å². The fourth-order valence-electron chi connectivity index (χ4n) is 3.61. The molecule has 182 valence electrons. The van der Waals surface area contributed by atoms with Crippen molar-refractivity contribution in [2.24, 2.45) is 0 Å². The second-order valence-corrected chi connectivity index (χ2v) is 8.31. The largest absolute Gasteiger partial charge is 0.488 e. The zero-order valence-electron chi connectivity index (χ0n) is 19.1. The molecule has 36 heavy (non-hydrogen) atoms. The smallest absolute Gasteiger partial charge is 0.335 e. The lowest BCUT2D eigenvalue weighted by atomic mass is 10.1. The predicted octanol–water partition coefficient (Wildman–Crippen LogP) is 5.06. The molecule has 0 spiro atoms. The second kappa shape index (κ2) is 10.4. The molecule has 1 heterocycles. The Kier molecular flexibility index (Phi) is 7.12. The molecule has 3 aromatic rings. The summed E-state index contributed by atoms with van der Waals surface area (Å²) in [5.41, 5.74) is 1.87. The molecule has 1 N–H and O–H groups in total. The molecular weight excluding hydrogens is 486 g/mol. The number of nitrogens with zero attached hydrogens (tertiary/aromatic N) is 2. The Bertz CT molecular complexity index is 1400. The summed E-state index contributed by atoms with van der Waals surface area (Å²) in [5.74, 6) is -1.36. The molecule has 0 radical (unpaired) electrons. The molecule has 0 bridgehead atoms. The highest BCUT2D eigenvalue weighted by Gasteiger charge is 2.37. The molecule has 3 aromatic carbocycles. The van der Waals surface area contributed by atoms with Gasteiger partial charge in [-0.15, -0.1) is 0 Å². The molecule has 0 unspecified atom stereocenters. The van der Waals surface area contributed by atoms with Crippen molar-refractivity contribution in [1.29, 1.82) is 0 Å². The minimum Gasteiger partial charge on any atom is -0.488 e. The lowest BCUT2D eigenvalue weighted by molar-refractivity contribution is -0.384. The van der Waals surface area contributed by atoms with Gasteiger partial charge in [0.2, 0.25) is 0 Å². The summed E-state index contributed by atoms with van der Waals surface area (Å²) >= 11 is 6.15. The normalized spacial score (nSPS) is 14.7. The van der Waals surface area contributed by atoms with E-state index in [1.165, 1.54) is 24.3 Å². The van der Waals surface area contributed by atoms with E-state index in [0.717, 1.165) is 16.9 Å². The third-order valence-electron chi connectivity index (χ3n) is 5.49. The number of hydrogen-bond acceptors (Lipinski definition) is 6. The van der Waals surface area contributed by atoms with Gasteiger partial charge in [-0.1, -0.05) is 42.8 Å². The minimum atomic E-state index is -0.851. The van der Waals surface area contributed by atoms with Crippen LogP contribution in [0.25, 0.3) is 6.08 Å². The SMILES string of the molecule is CCc1ccc(N2C(=O)NC(=O)/C(=C\c3cc(Cl)ccc3OCc3cccc([N+](=O)[O-])c3)C2=O)cc1. The van der Waals surface area contributed by atoms with E-state index in [2.05, 4.69) is 5.32 Å². The Morgan fingerprint density at radius 2 is 1.78 bits per heavy atom. The number of nitrogens with one attached hydrogen (secondary N) is 1. The zero-order valence-corrected chi connectivity index (χ0v) is 19.8. The number of carbonyl (C=O) groups is 3. The fourth-order valence-corrected chi connectivity index (χ4v) is 3.79. The van der Waals surface area contributed by atoms with Gasteiger partial charge in [0, 0.05) is 22.7 Å². The summed E-state index contributed by atoms with van der Waals surface area (Å²) in [7, 11) is 0. The number of imide groups is 2. The first kappa shape index (κ1) is 24.6. The standard InChI is InChI=1S/C26H20ClN3O6/c1-2-16-6-9-20(10-7-16)29-25(32)22(24(31)28-26(29)33)14-18-13-19(27)8-11-23(18)36-15-17-4-3-5-21(12-17)30(34)35/h3-14H,2,15H2,1H3,(H,28,31,33)/b22-14+. The number of nitro benzene ring substituents is 1. The molecule has 1 aliphatic heterocycles. The lowest BCUT2D eigenvalue weighted by Crippen LogP contribution is -2.54. The molecule has 4 amide bonds. The number of carbonyl (C=O) groups excluding carboxylic acids is 3. The molecule has 10 heteroatoms. The number of rotatable bonds is 7. The average Bonchev–Trinajstić information content (AvgIpc) is 2.86. The Balaban J connectivity index is 1.65. The van der Waals surface area contributed by atoms with Gasteiger partial charge >= 0.3 is 6.03 Å². The molecule has 0 atom stereocenters. The zero-order chi connectivity index (χ0) is 25.8. The number of benzene rings is 3. The maximum absolute atomic E-state index is 13.2. The summed E-state index contributed by atoms with van der Waals surface area (Å²) in [4.78, 5) is 49.7. The van der Waals surface area contributed by atoms with Crippen molar-refractivity contribution in [3.05, 3.63) is 104 Å². The number of non-ortho nitro benzene ring substituents is 1. The Morgan fingerprint density at radius 3 is 2.47 bits per heavy atom. The highest BCUT2D eigenvalue weighted by atomic mass is 35.5. The molecule has 4 rings (SSSR count). The van der Waals surface area contributed by atoms with Crippen LogP contribution in [0.2, 0.25) is 5.02 Å².